The molecule has 0 bridgehead atoms. The highest BCUT2D eigenvalue weighted by Gasteiger charge is 2.16. The van der Waals surface area contributed by atoms with E-state index < -0.39 is 10.1 Å². The van der Waals surface area contributed by atoms with Crippen LogP contribution in [0.15, 0.2) is 101 Å². The van der Waals surface area contributed by atoms with Gasteiger partial charge in [-0.3, -0.25) is 4.28 Å². The molecule has 0 aliphatic carbocycles. The van der Waals surface area contributed by atoms with Crippen molar-refractivity contribution in [3.05, 3.63) is 108 Å². The molecule has 0 fully saturated rings. The third-order valence-corrected chi connectivity index (χ3v) is 4.97. The molecule has 27 heavy (non-hydrogen) atoms. The Hall–Kier alpha value is -3.18. The van der Waals surface area contributed by atoms with Crippen molar-refractivity contribution >= 4 is 21.9 Å². The van der Waals surface area contributed by atoms with Gasteiger partial charge in [-0.1, -0.05) is 89.6 Å². The molecule has 3 rings (SSSR count). The maximum atomic E-state index is 12.4. The van der Waals surface area contributed by atoms with Crippen molar-refractivity contribution < 1.29 is 12.7 Å². The quantitative estimate of drug-likeness (QED) is 0.457. The second-order valence-electron chi connectivity index (χ2n) is 5.93. The van der Waals surface area contributed by atoms with Crippen LogP contribution in [0.4, 0.5) is 0 Å². The smallest absolute Gasteiger partial charge is 0.264 e. The van der Waals surface area contributed by atoms with Crippen molar-refractivity contribution in [2.75, 3.05) is 0 Å². The Labute approximate surface area is 159 Å². The Morgan fingerprint density at radius 2 is 1.44 bits per heavy atom. The van der Waals surface area contributed by atoms with Crippen LogP contribution in [-0.2, 0) is 14.4 Å². The largest absolute Gasteiger partial charge is 0.358 e. The average Bonchev–Trinajstić information content (AvgIpc) is 2.70. The first-order valence-electron chi connectivity index (χ1n) is 8.41. The minimum absolute atomic E-state index is 0.0660. The first-order chi connectivity index (χ1) is 13.0. The molecule has 0 aliphatic rings. The zero-order valence-electron chi connectivity index (χ0n) is 14.8. The molecule has 0 saturated heterocycles. The Bertz CT molecular complexity index is 1040. The van der Waals surface area contributed by atoms with Crippen molar-refractivity contribution in [2.45, 2.75) is 11.8 Å². The molecule has 0 unspecified atom stereocenters. The third kappa shape index (κ3) is 5.15. The highest BCUT2D eigenvalue weighted by atomic mass is 32.2. The zero-order valence-corrected chi connectivity index (χ0v) is 15.6. The molecule has 0 aromatic heterocycles. The van der Waals surface area contributed by atoms with E-state index in [-0.39, 0.29) is 4.90 Å². The van der Waals surface area contributed by atoms with Gasteiger partial charge in [-0.25, -0.2) is 0 Å². The Morgan fingerprint density at radius 1 is 0.852 bits per heavy atom. The summed E-state index contributed by atoms with van der Waals surface area (Å²) in [5.41, 5.74) is 3.11. The van der Waals surface area contributed by atoms with Gasteiger partial charge >= 0.3 is 10.1 Å². The van der Waals surface area contributed by atoms with Crippen molar-refractivity contribution in [3.63, 3.8) is 0 Å². The molecule has 3 aromatic rings. The van der Waals surface area contributed by atoms with Gasteiger partial charge < -0.3 is 0 Å². The van der Waals surface area contributed by atoms with E-state index in [9.17, 15) is 8.42 Å². The SMILES string of the molecule is Cc1ccc(S(=O)(=O)O/N=C(/C=C/c2ccccc2)c2ccccc2)cc1. The third-order valence-electron chi connectivity index (χ3n) is 3.85. The summed E-state index contributed by atoms with van der Waals surface area (Å²) < 4.78 is 29.8. The summed E-state index contributed by atoms with van der Waals surface area (Å²) in [6, 6.07) is 25.4. The first kappa shape index (κ1) is 18.6. The summed E-state index contributed by atoms with van der Waals surface area (Å²) in [6.07, 6.45) is 3.59. The highest BCUT2D eigenvalue weighted by molar-refractivity contribution is 7.86. The summed E-state index contributed by atoms with van der Waals surface area (Å²) in [7, 11) is -3.98. The lowest BCUT2D eigenvalue weighted by Crippen LogP contribution is -2.06. The molecule has 136 valence electrons. The van der Waals surface area contributed by atoms with Crippen LogP contribution in [0.25, 0.3) is 6.08 Å². The lowest BCUT2D eigenvalue weighted by Gasteiger charge is -2.05. The minimum atomic E-state index is -3.98. The van der Waals surface area contributed by atoms with Crippen LogP contribution in [0.2, 0.25) is 0 Å². The fourth-order valence-electron chi connectivity index (χ4n) is 2.36. The first-order valence-corrected chi connectivity index (χ1v) is 9.82. The summed E-state index contributed by atoms with van der Waals surface area (Å²) in [5.74, 6) is 0. The molecule has 3 aromatic carbocycles. The maximum absolute atomic E-state index is 12.4. The lowest BCUT2D eigenvalue weighted by atomic mass is 10.1. The van der Waals surface area contributed by atoms with Gasteiger partial charge in [-0.05, 0) is 30.7 Å². The van der Waals surface area contributed by atoms with Gasteiger partial charge in [0.15, 0.2) is 0 Å². The van der Waals surface area contributed by atoms with Gasteiger partial charge in [0.25, 0.3) is 0 Å². The number of nitrogens with zero attached hydrogens (tertiary/aromatic N) is 1. The van der Waals surface area contributed by atoms with Crippen LogP contribution in [0, 0.1) is 6.92 Å². The fraction of sp³-hybridized carbons (Fsp3) is 0.0455. The number of allylic oxidation sites excluding steroid dienone is 1. The Kier molecular flexibility index (Phi) is 5.84. The van der Waals surface area contributed by atoms with Crippen LogP contribution < -0.4 is 0 Å². The normalized spacial score (nSPS) is 12.3. The highest BCUT2D eigenvalue weighted by Crippen LogP contribution is 2.15. The molecule has 0 heterocycles. The molecule has 4 nitrogen and oxygen atoms in total. The van der Waals surface area contributed by atoms with E-state index in [4.69, 9.17) is 4.28 Å². The lowest BCUT2D eigenvalue weighted by molar-refractivity contribution is 0.339. The molecule has 0 spiro atoms. The van der Waals surface area contributed by atoms with Crippen LogP contribution in [0.5, 0.6) is 0 Å². The van der Waals surface area contributed by atoms with E-state index in [1.807, 2.05) is 73.7 Å². The van der Waals surface area contributed by atoms with Gasteiger partial charge in [0.2, 0.25) is 0 Å². The maximum Gasteiger partial charge on any atom is 0.358 e. The van der Waals surface area contributed by atoms with E-state index in [0.717, 1.165) is 16.7 Å². The van der Waals surface area contributed by atoms with Crippen LogP contribution in [-0.4, -0.2) is 14.1 Å². The molecular formula is C22H19NO3S. The molecule has 0 atom stereocenters. The number of rotatable bonds is 6. The van der Waals surface area contributed by atoms with Gasteiger partial charge in [0.1, 0.15) is 10.6 Å². The molecule has 0 radical (unpaired) electrons. The van der Waals surface area contributed by atoms with E-state index in [0.29, 0.717) is 5.71 Å². The number of oxime groups is 1. The van der Waals surface area contributed by atoms with E-state index in [1.54, 1.807) is 18.2 Å². The molecular weight excluding hydrogens is 358 g/mol. The van der Waals surface area contributed by atoms with E-state index in [2.05, 4.69) is 5.16 Å². The number of aryl methyl sites for hydroxylation is 1. The predicted molar refractivity (Wildman–Crippen MR) is 108 cm³/mol. The predicted octanol–water partition coefficient (Wildman–Crippen LogP) is 4.82. The molecule has 5 heteroatoms. The summed E-state index contributed by atoms with van der Waals surface area (Å²) >= 11 is 0. The van der Waals surface area contributed by atoms with Gasteiger partial charge in [-0.2, -0.15) is 8.42 Å². The Morgan fingerprint density at radius 3 is 2.07 bits per heavy atom. The summed E-state index contributed by atoms with van der Waals surface area (Å²) in [4.78, 5) is 0.0660. The van der Waals surface area contributed by atoms with Crippen molar-refractivity contribution in [2.24, 2.45) is 5.16 Å². The average molecular weight is 377 g/mol. The van der Waals surface area contributed by atoms with Gasteiger partial charge in [0, 0.05) is 5.56 Å². The minimum Gasteiger partial charge on any atom is -0.264 e. The monoisotopic (exact) mass is 377 g/mol. The molecule has 0 saturated carbocycles. The molecule has 0 N–H and O–H groups in total. The van der Waals surface area contributed by atoms with E-state index >= 15 is 0 Å². The molecule has 0 aliphatic heterocycles. The fourth-order valence-corrected chi connectivity index (χ4v) is 3.10. The number of benzene rings is 3. The second kappa shape index (κ2) is 8.47. The van der Waals surface area contributed by atoms with Crippen molar-refractivity contribution in [1.29, 1.82) is 0 Å². The van der Waals surface area contributed by atoms with E-state index in [1.165, 1.54) is 12.1 Å². The zero-order chi connectivity index (χ0) is 19.1. The number of hydrogen-bond donors (Lipinski definition) is 0. The van der Waals surface area contributed by atoms with Gasteiger partial charge in [0.05, 0.1) is 0 Å². The van der Waals surface area contributed by atoms with Crippen LogP contribution >= 0.6 is 0 Å². The van der Waals surface area contributed by atoms with Crippen molar-refractivity contribution in [1.82, 2.24) is 0 Å². The number of hydrogen-bond acceptors (Lipinski definition) is 4. The summed E-state index contributed by atoms with van der Waals surface area (Å²) in [5, 5.41) is 3.92. The van der Waals surface area contributed by atoms with Gasteiger partial charge in [-0.15, -0.1) is 0 Å². The van der Waals surface area contributed by atoms with Crippen LogP contribution in [0.3, 0.4) is 0 Å². The van der Waals surface area contributed by atoms with Crippen LogP contribution in [0.1, 0.15) is 16.7 Å². The molecule has 0 amide bonds. The summed E-state index contributed by atoms with van der Waals surface area (Å²) in [6.45, 7) is 1.89. The second-order valence-corrected chi connectivity index (χ2v) is 7.46. The Balaban J connectivity index is 1.90. The van der Waals surface area contributed by atoms with Crippen molar-refractivity contribution in [3.8, 4) is 0 Å². The topological polar surface area (TPSA) is 55.7 Å². The standard InChI is InChI=1S/C22H19NO3S/c1-18-12-15-21(16-13-18)27(24,25)26-23-22(20-10-6-3-7-11-20)17-14-19-8-4-2-5-9-19/h2-17H,1H3/b17-14+,23-22-.